The number of aromatic nitrogens is 5. The van der Waals surface area contributed by atoms with Crippen LogP contribution in [0.25, 0.3) is 56.3 Å². The van der Waals surface area contributed by atoms with Gasteiger partial charge in [0.1, 0.15) is 0 Å². The van der Waals surface area contributed by atoms with Crippen molar-refractivity contribution in [3.05, 3.63) is 482 Å². The first-order valence-corrected chi connectivity index (χ1v) is 42.0. The minimum atomic E-state index is -0.659. The molecule has 20 rings (SSSR count). The maximum absolute atomic E-state index is 13.5. The van der Waals surface area contributed by atoms with Gasteiger partial charge in [-0.1, -0.05) is 95.1 Å². The Morgan fingerprint density at radius 1 is 0.266 bits per heavy atom. The van der Waals surface area contributed by atoms with Crippen molar-refractivity contribution in [3.8, 4) is 56.3 Å². The molecule has 17 nitrogen and oxygen atoms in total. The van der Waals surface area contributed by atoms with Crippen LogP contribution in [0.3, 0.4) is 0 Å². The van der Waals surface area contributed by atoms with Crippen molar-refractivity contribution < 1.29 is 136 Å². The summed E-state index contributed by atoms with van der Waals surface area (Å²) >= 11 is 0. The molecule has 2 fully saturated rings. The summed E-state index contributed by atoms with van der Waals surface area (Å²) < 4.78 is 104. The monoisotopic (exact) mass is 2760 g/mol. The summed E-state index contributed by atoms with van der Waals surface area (Å²) in [7, 11) is 17.7. The second-order valence-corrected chi connectivity index (χ2v) is 29.9. The zero-order valence-corrected chi connectivity index (χ0v) is 88.8. The van der Waals surface area contributed by atoms with Gasteiger partial charge in [0.05, 0.1) is 0 Å². The molecule has 5 aliphatic rings. The molecule has 15 aromatic rings. The SMILES string of the molecule is CN(C)c1ccnc(-c2[c-]cc(F)cc2F)c1.CN(C)c1ccnc(-c2[c-]cc(F)cc2F)c1.CN1C=CN(c2[c-]cccc2)[CH-]1.CN1C=CN(c2[c-]cccc2)[CH-]1.CN1C=CN(c2[c-]cccc2)[CH-]1.CN1[CH-]N(c2[c-]cccc2)CC1.CN1[CH-]N(c2[c-]cccc2)CC1.Fc1c[c-]c(-c2ccccn2)c(F)c1.Fc1c[c-]c(-c2ccccn2)c(F)c1.[Ir+3].[Ir+3].[Ir+3].[Ir+3].[Ir+3].[c-]1ccccc1-c1ccccn1. The summed E-state index contributed by atoms with van der Waals surface area (Å²) in [6.07, 6.45) is 20.1. The van der Waals surface area contributed by atoms with Crippen LogP contribution in [0, 0.1) is 141 Å². The second kappa shape index (κ2) is 61.3. The Kier molecular flexibility index (Phi) is 50.9. The first-order valence-electron chi connectivity index (χ1n) is 42.0. The van der Waals surface area contributed by atoms with Crippen molar-refractivity contribution in [2.45, 2.75) is 0 Å². The van der Waals surface area contributed by atoms with Crippen LogP contribution in [0.4, 0.5) is 74.9 Å². The molecule has 10 aromatic carbocycles. The minimum Gasteiger partial charge on any atom is -0.528 e. The van der Waals surface area contributed by atoms with E-state index in [2.05, 4.69) is 145 Å². The molecule has 0 spiro atoms. The van der Waals surface area contributed by atoms with Crippen molar-refractivity contribution in [3.63, 3.8) is 0 Å². The quantitative estimate of drug-likeness (QED) is 0.0855. The summed E-state index contributed by atoms with van der Waals surface area (Å²) in [5, 5.41) is 0. The van der Waals surface area contributed by atoms with Crippen LogP contribution in [0.2, 0.25) is 0 Å². The van der Waals surface area contributed by atoms with Gasteiger partial charge in [0, 0.05) is 117 Å². The molecular formula is C109H96F8Ir5N17. The predicted molar refractivity (Wildman–Crippen MR) is 517 cm³/mol. The average molecular weight is 2760 g/mol. The number of benzene rings is 10. The largest absolute Gasteiger partial charge is 3.00 e. The molecule has 0 saturated carbocycles. The summed E-state index contributed by atoms with van der Waals surface area (Å²) in [6, 6.07) is 108. The molecule has 10 heterocycles. The molecule has 0 radical (unpaired) electrons. The Morgan fingerprint density at radius 3 is 0.777 bits per heavy atom. The summed E-state index contributed by atoms with van der Waals surface area (Å²) in [5.41, 5.74) is 11.8. The van der Waals surface area contributed by atoms with Crippen molar-refractivity contribution in [1.29, 1.82) is 0 Å². The zero-order chi connectivity index (χ0) is 94.9. The standard InChI is InChI=1S/2C13H11F2N2.2C11H6F2N.C11H8N.2C10H12N2.3C10H10N2.5Ir/c2*1-17(2)10-5-6-16-13(8-10)11-4-3-9(14)7-12(11)15;2*12-8-4-5-9(10(13)7-8)11-3-1-2-6-14-11;1-2-6-10(7-3-1)11-8-4-5-9-12-11;5*1-11-7-8-12(9-11)10-5-3-2-4-6-10;;;;;/h2*3,5-8H,1-2H3;2*1-4,6-7H;1-6,8-9H;2*2-5,9H,7-8H2,1H3;3*2-5,7-9H,1H3;;;;;/q5*-1;5*-2;5*+3. The Labute approximate surface area is 879 Å². The Morgan fingerprint density at radius 2 is 0.540 bits per heavy atom. The molecule has 2 saturated heterocycles. The van der Waals surface area contributed by atoms with Crippen molar-refractivity contribution >= 4 is 39.8 Å². The molecule has 718 valence electrons. The fraction of sp³-hybridized carbons (Fsp3) is 0.119. The first kappa shape index (κ1) is 115. The van der Waals surface area contributed by atoms with E-state index in [1.54, 1.807) is 79.5 Å². The van der Waals surface area contributed by atoms with Gasteiger partial charge in [-0.2, -0.15) is 185 Å². The topological polar surface area (TPSA) is 103 Å². The molecule has 0 bridgehead atoms. The number of anilines is 7. The Balaban J connectivity index is 0.000000236. The molecule has 5 aliphatic heterocycles. The molecule has 0 unspecified atom stereocenters. The summed E-state index contributed by atoms with van der Waals surface area (Å²) in [5.74, 6) is -5.18. The number of hydrogen-bond donors (Lipinski definition) is 0. The van der Waals surface area contributed by atoms with E-state index in [9.17, 15) is 35.1 Å². The van der Waals surface area contributed by atoms with E-state index in [1.165, 1.54) is 0 Å². The van der Waals surface area contributed by atoms with Crippen LogP contribution in [0.15, 0.2) is 341 Å². The van der Waals surface area contributed by atoms with Crippen molar-refractivity contribution in [2.75, 3.05) is 124 Å². The van der Waals surface area contributed by atoms with Crippen LogP contribution < -0.4 is 34.3 Å². The third-order valence-corrected chi connectivity index (χ3v) is 19.2. The van der Waals surface area contributed by atoms with Crippen LogP contribution >= 0.6 is 0 Å². The van der Waals surface area contributed by atoms with E-state index >= 15 is 0 Å². The van der Waals surface area contributed by atoms with Gasteiger partial charge < -0.3 is 83.7 Å². The summed E-state index contributed by atoms with van der Waals surface area (Å²) in [6.45, 7) is 14.6. The molecule has 0 aliphatic carbocycles. The van der Waals surface area contributed by atoms with Gasteiger partial charge in [-0.25, -0.2) is 0 Å². The van der Waals surface area contributed by atoms with Gasteiger partial charge in [0.25, 0.3) is 0 Å². The predicted octanol–water partition coefficient (Wildman–Crippen LogP) is 22.2. The number of halogens is 8. The van der Waals surface area contributed by atoms with Gasteiger partial charge in [-0.05, 0) is 157 Å². The van der Waals surface area contributed by atoms with E-state index in [0.717, 1.165) is 126 Å². The maximum atomic E-state index is 13.5. The van der Waals surface area contributed by atoms with E-state index in [1.807, 2.05) is 310 Å². The Hall–Kier alpha value is -12.2. The minimum absolute atomic E-state index is 0. The third-order valence-electron chi connectivity index (χ3n) is 19.2. The van der Waals surface area contributed by atoms with E-state index in [0.29, 0.717) is 22.8 Å². The van der Waals surface area contributed by atoms with Crippen LogP contribution in [0.5, 0.6) is 0 Å². The van der Waals surface area contributed by atoms with Crippen molar-refractivity contribution in [2.24, 2.45) is 0 Å². The smallest absolute Gasteiger partial charge is 0.528 e. The zero-order valence-electron chi connectivity index (χ0n) is 76.8. The fourth-order valence-corrected chi connectivity index (χ4v) is 12.5. The molecule has 0 amide bonds. The molecule has 30 heteroatoms. The molecule has 0 atom stereocenters. The van der Waals surface area contributed by atoms with Crippen molar-refractivity contribution in [1.82, 2.24) is 49.4 Å². The first-order chi connectivity index (χ1) is 65.0. The summed E-state index contributed by atoms with van der Waals surface area (Å²) in [4.78, 5) is 44.9. The molecule has 139 heavy (non-hydrogen) atoms. The normalized spacial score (nSPS) is 12.7. The van der Waals surface area contributed by atoms with Gasteiger partial charge >= 0.3 is 101 Å². The van der Waals surface area contributed by atoms with E-state index < -0.39 is 46.5 Å². The molecular weight excluding hydrogens is 2660 g/mol. The van der Waals surface area contributed by atoms with Crippen LogP contribution in [-0.2, 0) is 101 Å². The number of hydrogen-bond acceptors (Lipinski definition) is 17. The van der Waals surface area contributed by atoms with Crippen LogP contribution in [-0.4, -0.2) is 139 Å². The molecule has 5 aromatic heterocycles. The van der Waals surface area contributed by atoms with E-state index in [4.69, 9.17) is 0 Å². The second-order valence-electron chi connectivity index (χ2n) is 29.9. The Bertz CT molecular complexity index is 5680. The number of para-hydroxylation sites is 5. The van der Waals surface area contributed by atoms with E-state index in [-0.39, 0.29) is 123 Å². The van der Waals surface area contributed by atoms with Gasteiger partial charge in [0.15, 0.2) is 0 Å². The fourth-order valence-electron chi connectivity index (χ4n) is 12.5. The number of nitrogens with zero attached hydrogens (tertiary/aromatic N) is 17. The van der Waals surface area contributed by atoms with Gasteiger partial charge in [-0.15, -0.1) is 113 Å². The van der Waals surface area contributed by atoms with Gasteiger partial charge in [0.2, 0.25) is 0 Å². The third kappa shape index (κ3) is 38.1. The van der Waals surface area contributed by atoms with Gasteiger partial charge in [-0.3, -0.25) is 35.1 Å². The van der Waals surface area contributed by atoms with Crippen LogP contribution in [0.1, 0.15) is 0 Å². The maximum Gasteiger partial charge on any atom is 3.00 e. The number of pyridine rings is 5. The molecule has 0 N–H and O–H groups in total. The number of rotatable bonds is 12. The number of likely N-dealkylation sites (N-methyl/N-ethyl adjacent to an activating group) is 2. The average Bonchev–Trinajstić information content (AvgIpc) is 1.45.